The Morgan fingerprint density at radius 2 is 1.76 bits per heavy atom. The van der Waals surface area contributed by atoms with Gasteiger partial charge in [0.1, 0.15) is 12.1 Å². The van der Waals surface area contributed by atoms with Crippen LogP contribution in [-0.2, 0) is 27.2 Å². The van der Waals surface area contributed by atoms with Gasteiger partial charge in [0.05, 0.1) is 0 Å². The largest absolute Gasteiger partial charge is 0.319 e. The van der Waals surface area contributed by atoms with E-state index in [0.29, 0.717) is 12.8 Å². The summed E-state index contributed by atoms with van der Waals surface area (Å²) in [5.41, 5.74) is 1.38. The molecule has 1 saturated heterocycles. The van der Waals surface area contributed by atoms with E-state index in [1.807, 2.05) is 24.3 Å². The monoisotopic (exact) mass is 286 g/mol. The highest BCUT2D eigenvalue weighted by atomic mass is 16.2. The van der Waals surface area contributed by atoms with Crippen LogP contribution in [0, 0.1) is 5.92 Å². The lowest BCUT2D eigenvalue weighted by Gasteiger charge is -2.41. The van der Waals surface area contributed by atoms with Gasteiger partial charge < -0.3 is 4.90 Å². The lowest BCUT2D eigenvalue weighted by atomic mass is 9.94. The van der Waals surface area contributed by atoms with E-state index in [9.17, 15) is 14.4 Å². The Bertz CT molecular complexity index is 611. The number of benzene rings is 1. The van der Waals surface area contributed by atoms with Gasteiger partial charge in [-0.15, -0.1) is 0 Å². The number of imide groups is 1. The van der Waals surface area contributed by atoms with Gasteiger partial charge in [0, 0.05) is 5.92 Å². The normalized spacial score (nSPS) is 21.1. The molecule has 0 atom stereocenters. The molecule has 1 aromatic rings. The first-order chi connectivity index (χ1) is 9.89. The van der Waals surface area contributed by atoms with Crippen LogP contribution < -0.4 is 5.32 Å². The van der Waals surface area contributed by atoms with E-state index in [0.717, 1.165) is 0 Å². The van der Waals surface area contributed by atoms with Crippen LogP contribution in [-0.4, -0.2) is 34.7 Å². The van der Waals surface area contributed by atoms with Crippen LogP contribution in [0.3, 0.4) is 0 Å². The van der Waals surface area contributed by atoms with Gasteiger partial charge in [-0.05, 0) is 37.8 Å². The topological polar surface area (TPSA) is 66.5 Å². The zero-order valence-electron chi connectivity index (χ0n) is 12.2. The third-order valence-electron chi connectivity index (χ3n) is 4.45. The average molecular weight is 286 g/mol. The van der Waals surface area contributed by atoms with Crippen LogP contribution in [0.5, 0.6) is 0 Å². The molecule has 1 fully saturated rings. The summed E-state index contributed by atoms with van der Waals surface area (Å²) in [6.45, 7) is 3.30. The average Bonchev–Trinajstić information content (AvgIpc) is 2.86. The molecule has 3 amide bonds. The quantitative estimate of drug-likeness (QED) is 0.771. The number of carbonyl (C=O) groups is 3. The predicted molar refractivity (Wildman–Crippen MR) is 76.3 cm³/mol. The summed E-state index contributed by atoms with van der Waals surface area (Å²) < 4.78 is 0. The van der Waals surface area contributed by atoms with Gasteiger partial charge in [0.2, 0.25) is 11.8 Å². The van der Waals surface area contributed by atoms with Crippen molar-refractivity contribution in [1.82, 2.24) is 10.2 Å². The van der Waals surface area contributed by atoms with E-state index in [1.165, 1.54) is 16.0 Å². The van der Waals surface area contributed by atoms with Gasteiger partial charge in [-0.1, -0.05) is 24.3 Å². The second-order valence-electron chi connectivity index (χ2n) is 6.23. The number of carbonyl (C=O) groups excluding carboxylic acids is 3. The molecule has 110 valence electrons. The molecule has 5 heteroatoms. The molecule has 1 N–H and O–H groups in total. The summed E-state index contributed by atoms with van der Waals surface area (Å²) >= 11 is 0. The lowest BCUT2D eigenvalue weighted by Crippen LogP contribution is -2.66. The van der Waals surface area contributed by atoms with E-state index < -0.39 is 17.4 Å². The number of nitrogens with one attached hydrogen (secondary N) is 1. The van der Waals surface area contributed by atoms with Gasteiger partial charge in [-0.2, -0.15) is 0 Å². The third-order valence-corrected chi connectivity index (χ3v) is 4.45. The van der Waals surface area contributed by atoms with E-state index in [-0.39, 0.29) is 18.4 Å². The zero-order chi connectivity index (χ0) is 15.2. The highest BCUT2D eigenvalue weighted by molar-refractivity contribution is 6.06. The maximum Gasteiger partial charge on any atom is 0.252 e. The Labute approximate surface area is 123 Å². The number of hydrogen-bond donors (Lipinski definition) is 1. The molecule has 1 aliphatic heterocycles. The minimum Gasteiger partial charge on any atom is -0.319 e. The molecule has 0 spiro atoms. The van der Waals surface area contributed by atoms with Crippen LogP contribution in [0.2, 0.25) is 0 Å². The molecular weight excluding hydrogens is 268 g/mol. The maximum atomic E-state index is 12.8. The number of amides is 3. The van der Waals surface area contributed by atoms with Crippen molar-refractivity contribution in [2.24, 2.45) is 5.92 Å². The second kappa shape index (κ2) is 4.69. The van der Waals surface area contributed by atoms with Crippen LogP contribution in [0.25, 0.3) is 0 Å². The minimum absolute atomic E-state index is 0.0512. The van der Waals surface area contributed by atoms with Crippen molar-refractivity contribution in [1.29, 1.82) is 0 Å². The van der Waals surface area contributed by atoms with Crippen molar-refractivity contribution >= 4 is 17.7 Å². The van der Waals surface area contributed by atoms with Crippen LogP contribution >= 0.6 is 0 Å². The molecule has 5 nitrogen and oxygen atoms in total. The van der Waals surface area contributed by atoms with Gasteiger partial charge in [0.25, 0.3) is 5.91 Å². The summed E-state index contributed by atoms with van der Waals surface area (Å²) in [6, 6.07) is 7.99. The van der Waals surface area contributed by atoms with Crippen molar-refractivity contribution < 1.29 is 14.4 Å². The molecular formula is C16H18N2O3. The van der Waals surface area contributed by atoms with Gasteiger partial charge >= 0.3 is 0 Å². The van der Waals surface area contributed by atoms with Gasteiger partial charge in [-0.3, -0.25) is 19.7 Å². The minimum atomic E-state index is -0.986. The summed E-state index contributed by atoms with van der Waals surface area (Å²) in [7, 11) is 0. The zero-order valence-corrected chi connectivity index (χ0v) is 12.2. The van der Waals surface area contributed by atoms with E-state index in [2.05, 4.69) is 5.32 Å². The molecule has 0 aromatic heterocycles. The van der Waals surface area contributed by atoms with Crippen LogP contribution in [0.15, 0.2) is 24.3 Å². The van der Waals surface area contributed by atoms with Crippen molar-refractivity contribution in [2.45, 2.75) is 32.2 Å². The first-order valence-electron chi connectivity index (χ1n) is 7.12. The van der Waals surface area contributed by atoms with E-state index in [1.54, 1.807) is 13.8 Å². The molecule has 3 rings (SSSR count). The number of rotatable bonds is 1. The first kappa shape index (κ1) is 13.8. The standard InChI is InChI=1S/C16H18N2O3/c1-16(2)15(21)17-13(19)9-18(16)14(20)12-7-10-5-3-4-6-11(10)8-12/h3-6,12H,7-9H2,1-2H3,(H,17,19,21). The maximum absolute atomic E-state index is 12.8. The lowest BCUT2D eigenvalue weighted by molar-refractivity contribution is -0.157. The van der Waals surface area contributed by atoms with Gasteiger partial charge in [-0.25, -0.2) is 0 Å². The van der Waals surface area contributed by atoms with Crippen molar-refractivity contribution in [3.8, 4) is 0 Å². The second-order valence-corrected chi connectivity index (χ2v) is 6.23. The van der Waals surface area contributed by atoms with Crippen molar-refractivity contribution in [3.63, 3.8) is 0 Å². The number of hydrogen-bond acceptors (Lipinski definition) is 3. The van der Waals surface area contributed by atoms with E-state index in [4.69, 9.17) is 0 Å². The van der Waals surface area contributed by atoms with Crippen LogP contribution in [0.1, 0.15) is 25.0 Å². The van der Waals surface area contributed by atoms with Crippen molar-refractivity contribution in [3.05, 3.63) is 35.4 Å². The highest BCUT2D eigenvalue weighted by Gasteiger charge is 2.45. The smallest absolute Gasteiger partial charge is 0.252 e. The number of piperazine rings is 1. The van der Waals surface area contributed by atoms with Crippen LogP contribution in [0.4, 0.5) is 0 Å². The Balaban J connectivity index is 1.83. The highest BCUT2D eigenvalue weighted by Crippen LogP contribution is 2.30. The molecule has 21 heavy (non-hydrogen) atoms. The predicted octanol–water partition coefficient (Wildman–Crippen LogP) is 0.665. The third kappa shape index (κ3) is 2.22. The molecule has 1 aromatic carbocycles. The summed E-state index contributed by atoms with van der Waals surface area (Å²) in [6.07, 6.45) is 1.36. The Kier molecular flexibility index (Phi) is 3.08. The molecule has 0 unspecified atom stereocenters. The number of fused-ring (bicyclic) bond motifs is 1. The fourth-order valence-corrected chi connectivity index (χ4v) is 3.09. The Morgan fingerprint density at radius 3 is 2.33 bits per heavy atom. The summed E-state index contributed by atoms with van der Waals surface area (Å²) in [4.78, 5) is 37.7. The fourth-order valence-electron chi connectivity index (χ4n) is 3.09. The van der Waals surface area contributed by atoms with E-state index >= 15 is 0 Å². The fraction of sp³-hybridized carbons (Fsp3) is 0.438. The molecule has 1 heterocycles. The van der Waals surface area contributed by atoms with Gasteiger partial charge in [0.15, 0.2) is 0 Å². The Morgan fingerprint density at radius 1 is 1.19 bits per heavy atom. The summed E-state index contributed by atoms with van der Waals surface area (Å²) in [5.74, 6) is -1.12. The van der Waals surface area contributed by atoms with Crippen molar-refractivity contribution in [2.75, 3.05) is 6.54 Å². The molecule has 2 aliphatic rings. The first-order valence-corrected chi connectivity index (χ1v) is 7.12. The summed E-state index contributed by atoms with van der Waals surface area (Å²) in [5, 5.41) is 2.29. The molecule has 0 bridgehead atoms. The molecule has 0 radical (unpaired) electrons. The number of nitrogens with zero attached hydrogens (tertiary/aromatic N) is 1. The Hall–Kier alpha value is -2.17. The molecule has 1 aliphatic carbocycles. The molecule has 0 saturated carbocycles. The SMILES string of the molecule is CC1(C)C(=O)NC(=O)CN1C(=O)C1Cc2ccccc2C1.